The molecule has 0 radical (unpaired) electrons. The summed E-state index contributed by atoms with van der Waals surface area (Å²) >= 11 is 0. The third-order valence-electron chi connectivity index (χ3n) is 4.28. The Bertz CT molecular complexity index is 344. The van der Waals surface area contributed by atoms with Gasteiger partial charge in [0.15, 0.2) is 5.16 Å². The maximum Gasteiger partial charge on any atom is 0.333 e. The van der Waals surface area contributed by atoms with Crippen LogP contribution in [0.5, 0.6) is 0 Å². The van der Waals surface area contributed by atoms with E-state index in [4.69, 9.17) is 5.11 Å². The summed E-state index contributed by atoms with van der Waals surface area (Å²) < 4.78 is 22.5. The highest BCUT2D eigenvalue weighted by atomic mass is 31.1. The van der Waals surface area contributed by atoms with Crippen molar-refractivity contribution in [3.8, 4) is 0 Å². The number of rotatable bonds is 14. The normalized spacial score (nSPS) is 13.8. The van der Waals surface area contributed by atoms with Crippen LogP contribution in [0.1, 0.15) is 90.9 Å². The predicted molar refractivity (Wildman–Crippen MR) is 85.4 cm³/mol. The lowest BCUT2D eigenvalue weighted by molar-refractivity contribution is -0.140. The molecule has 0 aromatic rings. The predicted octanol–water partition coefficient (Wildman–Crippen LogP) is 5.70. The summed E-state index contributed by atoms with van der Waals surface area (Å²) in [5.41, 5.74) is 0. The van der Waals surface area contributed by atoms with Crippen molar-refractivity contribution in [3.05, 3.63) is 0 Å². The van der Waals surface area contributed by atoms with Gasteiger partial charge in [-0.2, -0.15) is 0 Å². The molecule has 0 rings (SSSR count). The lowest BCUT2D eigenvalue weighted by Gasteiger charge is -2.19. The van der Waals surface area contributed by atoms with Gasteiger partial charge in [0, 0.05) is 0 Å². The van der Waals surface area contributed by atoms with Gasteiger partial charge in [0.2, 0.25) is 0 Å². The molecular formula is C16H31O4P. The second-order valence-corrected chi connectivity index (χ2v) is 7.25. The van der Waals surface area contributed by atoms with Crippen LogP contribution in [0, 0.1) is 0 Å². The molecule has 4 nitrogen and oxygen atoms in total. The van der Waals surface area contributed by atoms with Crippen LogP contribution in [0.4, 0.5) is 0 Å². The van der Waals surface area contributed by atoms with Gasteiger partial charge in [-0.25, -0.2) is 9.13 Å². The van der Waals surface area contributed by atoms with Crippen LogP contribution in [-0.2, 0) is 13.9 Å². The molecule has 0 bridgehead atoms. The topological polar surface area (TPSA) is 71.4 Å². The molecule has 0 aromatic heterocycles. The molecule has 5 heteroatoms. The zero-order valence-electron chi connectivity index (χ0n) is 13.6. The summed E-state index contributed by atoms with van der Waals surface area (Å²) in [5.74, 6) is -1.20. The quantitative estimate of drug-likeness (QED) is 0.329. The van der Waals surface area contributed by atoms with Gasteiger partial charge >= 0.3 is 13.6 Å². The fourth-order valence-electron chi connectivity index (χ4n) is 2.64. The van der Waals surface area contributed by atoms with E-state index in [1.54, 1.807) is 6.92 Å². The summed E-state index contributed by atoms with van der Waals surface area (Å²) in [6.07, 6.45) is 12.0. The monoisotopic (exact) mass is 318 g/mol. The Balaban J connectivity index is 3.76. The lowest BCUT2D eigenvalue weighted by atomic mass is 9.96. The zero-order valence-corrected chi connectivity index (χ0v) is 14.5. The van der Waals surface area contributed by atoms with E-state index in [-0.39, 0.29) is 12.8 Å². The molecular weight excluding hydrogens is 287 g/mol. The van der Waals surface area contributed by atoms with Gasteiger partial charge in [-0.05, 0) is 12.8 Å². The van der Waals surface area contributed by atoms with Crippen molar-refractivity contribution >= 4 is 13.6 Å². The minimum atomic E-state index is -2.92. The van der Waals surface area contributed by atoms with E-state index >= 15 is 0 Å². The maximum absolute atomic E-state index is 11.2. The number of aliphatic carboxylic acids is 1. The Morgan fingerprint density at radius 1 is 0.857 bits per heavy atom. The minimum absolute atomic E-state index is 0.151. The number of carbonyl (C=O) groups is 1. The second-order valence-electron chi connectivity index (χ2n) is 5.88. The summed E-state index contributed by atoms with van der Waals surface area (Å²) in [6.45, 7) is 3.85. The molecule has 21 heavy (non-hydrogen) atoms. The van der Waals surface area contributed by atoms with Gasteiger partial charge < -0.3 is 5.11 Å². The standard InChI is InChI=1S/C16H31O4P/c1-3-5-6-7-8-9-10-11-12-13-14-16(4-2,15(17)18)21(19)20/h3-14H2,1-2H3,(H,17,18). The van der Waals surface area contributed by atoms with Gasteiger partial charge in [0.25, 0.3) is 0 Å². The highest BCUT2D eigenvalue weighted by Crippen LogP contribution is 2.38. The van der Waals surface area contributed by atoms with Crippen LogP contribution in [0.3, 0.4) is 0 Å². The highest BCUT2D eigenvalue weighted by Gasteiger charge is 2.42. The first-order valence-electron chi connectivity index (χ1n) is 8.39. The van der Waals surface area contributed by atoms with E-state index < -0.39 is 18.8 Å². The molecule has 0 aliphatic heterocycles. The van der Waals surface area contributed by atoms with Crippen LogP contribution in [0.15, 0.2) is 0 Å². The molecule has 0 heterocycles. The molecule has 0 spiro atoms. The van der Waals surface area contributed by atoms with Crippen LogP contribution < -0.4 is 0 Å². The van der Waals surface area contributed by atoms with E-state index in [0.29, 0.717) is 6.42 Å². The molecule has 1 unspecified atom stereocenters. The Hall–Kier alpha value is -0.630. The molecule has 0 aromatic carbocycles. The van der Waals surface area contributed by atoms with Crippen LogP contribution in [0.25, 0.3) is 0 Å². The van der Waals surface area contributed by atoms with Crippen molar-refractivity contribution in [1.29, 1.82) is 0 Å². The van der Waals surface area contributed by atoms with Gasteiger partial charge in [-0.1, -0.05) is 78.1 Å². The average Bonchev–Trinajstić information content (AvgIpc) is 2.44. The summed E-state index contributed by atoms with van der Waals surface area (Å²) in [4.78, 5) is 11.2. The first kappa shape index (κ1) is 20.4. The zero-order chi connectivity index (χ0) is 16.1. The van der Waals surface area contributed by atoms with E-state index in [1.807, 2.05) is 0 Å². The van der Waals surface area contributed by atoms with Crippen molar-refractivity contribution in [1.82, 2.24) is 0 Å². The Morgan fingerprint density at radius 3 is 1.62 bits per heavy atom. The second kappa shape index (κ2) is 12.0. The minimum Gasteiger partial charge on any atom is -0.480 e. The first-order chi connectivity index (χ1) is 10.0. The molecule has 0 saturated carbocycles. The molecule has 124 valence electrons. The highest BCUT2D eigenvalue weighted by molar-refractivity contribution is 7.34. The SMILES string of the molecule is CCCCCCCCCCCCC(CC)(C(=O)O)P(=O)=O. The van der Waals surface area contributed by atoms with Crippen molar-refractivity contribution < 1.29 is 19.0 Å². The summed E-state index contributed by atoms with van der Waals surface area (Å²) in [7, 11) is -2.92. The molecule has 0 aliphatic rings. The fraction of sp³-hybridized carbons (Fsp3) is 0.938. The number of carboxylic acid groups (broad SMARTS) is 1. The third-order valence-corrected chi connectivity index (χ3v) is 5.71. The molecule has 0 amide bonds. The van der Waals surface area contributed by atoms with Crippen molar-refractivity contribution in [3.63, 3.8) is 0 Å². The van der Waals surface area contributed by atoms with Gasteiger partial charge in [0.05, 0.1) is 0 Å². The first-order valence-corrected chi connectivity index (χ1v) is 9.57. The van der Waals surface area contributed by atoms with Gasteiger partial charge in [0.1, 0.15) is 0 Å². The summed E-state index contributed by atoms with van der Waals surface area (Å²) in [5, 5.41) is 7.61. The van der Waals surface area contributed by atoms with Crippen molar-refractivity contribution in [2.24, 2.45) is 0 Å². The van der Waals surface area contributed by atoms with Crippen LogP contribution in [0.2, 0.25) is 0 Å². The Morgan fingerprint density at radius 2 is 1.29 bits per heavy atom. The van der Waals surface area contributed by atoms with Gasteiger partial charge in [-0.3, -0.25) is 4.79 Å². The third kappa shape index (κ3) is 7.80. The van der Waals surface area contributed by atoms with E-state index in [9.17, 15) is 13.9 Å². The Kier molecular flexibility index (Phi) is 11.6. The smallest absolute Gasteiger partial charge is 0.333 e. The molecule has 0 saturated heterocycles. The number of carboxylic acids is 1. The fourth-order valence-corrected chi connectivity index (χ4v) is 3.39. The maximum atomic E-state index is 11.2. The number of hydrogen-bond donors (Lipinski definition) is 1. The van der Waals surface area contributed by atoms with E-state index in [2.05, 4.69) is 6.92 Å². The van der Waals surface area contributed by atoms with Crippen molar-refractivity contribution in [2.45, 2.75) is 96.1 Å². The van der Waals surface area contributed by atoms with Crippen LogP contribution >= 0.6 is 7.68 Å². The number of unbranched alkanes of at least 4 members (excludes halogenated alkanes) is 9. The van der Waals surface area contributed by atoms with Crippen molar-refractivity contribution in [2.75, 3.05) is 0 Å². The molecule has 1 N–H and O–H groups in total. The molecule has 1 atom stereocenters. The molecule has 0 aliphatic carbocycles. The average molecular weight is 318 g/mol. The van der Waals surface area contributed by atoms with Crippen LogP contribution in [-0.4, -0.2) is 16.2 Å². The number of hydrogen-bond acceptors (Lipinski definition) is 3. The van der Waals surface area contributed by atoms with E-state index in [1.165, 1.54) is 44.9 Å². The molecule has 0 fully saturated rings. The van der Waals surface area contributed by atoms with Gasteiger partial charge in [-0.15, -0.1) is 0 Å². The summed E-state index contributed by atoms with van der Waals surface area (Å²) in [6, 6.07) is 0. The lowest BCUT2D eigenvalue weighted by Crippen LogP contribution is -2.32. The van der Waals surface area contributed by atoms with E-state index in [0.717, 1.165) is 12.8 Å². The largest absolute Gasteiger partial charge is 0.480 e. The Labute approximate surface area is 129 Å².